The van der Waals surface area contributed by atoms with Gasteiger partial charge in [0.25, 0.3) is 0 Å². The van der Waals surface area contributed by atoms with Gasteiger partial charge in [-0.05, 0) is 18.8 Å². The average molecular weight is 183 g/mol. The summed E-state index contributed by atoms with van der Waals surface area (Å²) in [6.45, 7) is 2.23. The van der Waals surface area contributed by atoms with Gasteiger partial charge in [0.2, 0.25) is 5.91 Å². The van der Waals surface area contributed by atoms with E-state index in [1.54, 1.807) is 4.90 Å². The van der Waals surface area contributed by atoms with E-state index < -0.39 is 0 Å². The number of nitrogens with zero attached hydrogens (tertiary/aromatic N) is 1. The van der Waals surface area contributed by atoms with E-state index in [1.807, 2.05) is 14.1 Å². The van der Waals surface area contributed by atoms with E-state index in [9.17, 15) is 4.79 Å². The molecular formula is C11H21NO. The van der Waals surface area contributed by atoms with Crippen LogP contribution in [0.5, 0.6) is 0 Å². The summed E-state index contributed by atoms with van der Waals surface area (Å²) >= 11 is 0. The quantitative estimate of drug-likeness (QED) is 0.643. The Morgan fingerprint density at radius 1 is 1.38 bits per heavy atom. The highest BCUT2D eigenvalue weighted by Crippen LogP contribution is 2.31. The van der Waals surface area contributed by atoms with E-state index >= 15 is 0 Å². The molecule has 1 saturated carbocycles. The molecule has 2 nitrogen and oxygen atoms in total. The SMILES string of the molecule is CCC1CCCC(C(=O)N(C)C)C1. The molecule has 1 amide bonds. The third kappa shape index (κ3) is 2.71. The van der Waals surface area contributed by atoms with Crippen LogP contribution in [-0.4, -0.2) is 24.9 Å². The predicted molar refractivity (Wildman–Crippen MR) is 54.4 cm³/mol. The molecule has 1 rings (SSSR count). The molecule has 0 N–H and O–H groups in total. The van der Waals surface area contributed by atoms with Crippen LogP contribution >= 0.6 is 0 Å². The Kier molecular flexibility index (Phi) is 3.76. The van der Waals surface area contributed by atoms with E-state index in [0.29, 0.717) is 11.8 Å². The van der Waals surface area contributed by atoms with Crippen molar-refractivity contribution >= 4 is 5.91 Å². The maximum absolute atomic E-state index is 11.7. The second-order valence-corrected chi connectivity index (χ2v) is 4.37. The maximum Gasteiger partial charge on any atom is 0.225 e. The summed E-state index contributed by atoms with van der Waals surface area (Å²) in [5.74, 6) is 1.44. The van der Waals surface area contributed by atoms with Crippen molar-refractivity contribution in [2.24, 2.45) is 11.8 Å². The van der Waals surface area contributed by atoms with Crippen LogP contribution in [0.15, 0.2) is 0 Å². The van der Waals surface area contributed by atoms with Crippen molar-refractivity contribution in [2.45, 2.75) is 39.0 Å². The van der Waals surface area contributed by atoms with E-state index in [1.165, 1.54) is 19.3 Å². The number of carbonyl (C=O) groups is 1. The molecule has 0 radical (unpaired) electrons. The zero-order valence-electron chi connectivity index (χ0n) is 9.05. The summed E-state index contributed by atoms with van der Waals surface area (Å²) in [5, 5.41) is 0. The highest BCUT2D eigenvalue weighted by Gasteiger charge is 2.26. The van der Waals surface area contributed by atoms with Crippen LogP contribution in [0.2, 0.25) is 0 Å². The molecule has 2 unspecified atom stereocenters. The monoisotopic (exact) mass is 183 g/mol. The lowest BCUT2D eigenvalue weighted by Gasteiger charge is -2.29. The Hall–Kier alpha value is -0.530. The van der Waals surface area contributed by atoms with Gasteiger partial charge in [-0.3, -0.25) is 4.79 Å². The van der Waals surface area contributed by atoms with Gasteiger partial charge < -0.3 is 4.90 Å². The van der Waals surface area contributed by atoms with Crippen molar-refractivity contribution in [2.75, 3.05) is 14.1 Å². The Balaban J connectivity index is 2.46. The van der Waals surface area contributed by atoms with E-state index in [2.05, 4.69) is 6.92 Å². The minimum Gasteiger partial charge on any atom is -0.349 e. The Morgan fingerprint density at radius 2 is 2.08 bits per heavy atom. The lowest BCUT2D eigenvalue weighted by molar-refractivity contribution is -0.134. The van der Waals surface area contributed by atoms with Crippen molar-refractivity contribution in [3.63, 3.8) is 0 Å². The summed E-state index contributed by atoms with van der Waals surface area (Å²) in [4.78, 5) is 13.4. The summed E-state index contributed by atoms with van der Waals surface area (Å²) < 4.78 is 0. The van der Waals surface area contributed by atoms with E-state index in [0.717, 1.165) is 18.8 Å². The van der Waals surface area contributed by atoms with Crippen LogP contribution in [-0.2, 0) is 4.79 Å². The zero-order valence-corrected chi connectivity index (χ0v) is 9.05. The van der Waals surface area contributed by atoms with Crippen molar-refractivity contribution in [1.82, 2.24) is 4.90 Å². The van der Waals surface area contributed by atoms with E-state index in [4.69, 9.17) is 0 Å². The normalized spacial score (nSPS) is 28.5. The highest BCUT2D eigenvalue weighted by atomic mass is 16.2. The summed E-state index contributed by atoms with van der Waals surface area (Å²) in [6, 6.07) is 0. The van der Waals surface area contributed by atoms with Crippen LogP contribution in [0, 0.1) is 11.8 Å². The summed E-state index contributed by atoms with van der Waals surface area (Å²) in [7, 11) is 3.72. The number of carbonyl (C=O) groups excluding carboxylic acids is 1. The lowest BCUT2D eigenvalue weighted by atomic mass is 9.79. The number of hydrogen-bond donors (Lipinski definition) is 0. The first-order chi connectivity index (χ1) is 6.15. The van der Waals surface area contributed by atoms with Gasteiger partial charge in [-0.2, -0.15) is 0 Å². The third-order valence-corrected chi connectivity index (χ3v) is 3.15. The molecule has 0 aromatic heterocycles. The molecule has 0 spiro atoms. The molecule has 0 heterocycles. The predicted octanol–water partition coefficient (Wildman–Crippen LogP) is 2.29. The van der Waals surface area contributed by atoms with Gasteiger partial charge >= 0.3 is 0 Å². The van der Waals surface area contributed by atoms with Gasteiger partial charge in [-0.1, -0.05) is 26.2 Å². The molecule has 1 fully saturated rings. The first-order valence-electron chi connectivity index (χ1n) is 5.36. The molecule has 2 heteroatoms. The van der Waals surface area contributed by atoms with Crippen LogP contribution < -0.4 is 0 Å². The van der Waals surface area contributed by atoms with Gasteiger partial charge in [0.05, 0.1) is 0 Å². The first-order valence-corrected chi connectivity index (χ1v) is 5.36. The van der Waals surface area contributed by atoms with Crippen molar-refractivity contribution in [3.05, 3.63) is 0 Å². The standard InChI is InChI=1S/C11H21NO/c1-4-9-6-5-7-10(8-9)11(13)12(2)3/h9-10H,4-8H2,1-3H3. The zero-order chi connectivity index (χ0) is 9.84. The molecule has 13 heavy (non-hydrogen) atoms. The van der Waals surface area contributed by atoms with Crippen LogP contribution in [0.25, 0.3) is 0 Å². The van der Waals surface area contributed by atoms with Crippen molar-refractivity contribution < 1.29 is 4.79 Å². The lowest BCUT2D eigenvalue weighted by Crippen LogP contribution is -2.32. The smallest absolute Gasteiger partial charge is 0.225 e. The Bertz CT molecular complexity index is 177. The number of rotatable bonds is 2. The molecule has 0 aromatic carbocycles. The summed E-state index contributed by atoms with van der Waals surface area (Å²) in [6.07, 6.45) is 6.02. The second kappa shape index (κ2) is 4.64. The highest BCUT2D eigenvalue weighted by molar-refractivity contribution is 5.78. The molecule has 76 valence electrons. The average Bonchev–Trinajstić information content (AvgIpc) is 2.16. The molecular weight excluding hydrogens is 162 g/mol. The topological polar surface area (TPSA) is 20.3 Å². The molecule has 0 aromatic rings. The van der Waals surface area contributed by atoms with Gasteiger partial charge in [0.15, 0.2) is 0 Å². The molecule has 0 saturated heterocycles. The minimum absolute atomic E-state index is 0.314. The summed E-state index contributed by atoms with van der Waals surface area (Å²) in [5.41, 5.74) is 0. The Morgan fingerprint density at radius 3 is 2.62 bits per heavy atom. The maximum atomic E-state index is 11.7. The fourth-order valence-electron chi connectivity index (χ4n) is 2.25. The fourth-order valence-corrected chi connectivity index (χ4v) is 2.25. The number of amides is 1. The third-order valence-electron chi connectivity index (χ3n) is 3.15. The molecule has 0 bridgehead atoms. The van der Waals surface area contributed by atoms with E-state index in [-0.39, 0.29) is 0 Å². The van der Waals surface area contributed by atoms with Crippen molar-refractivity contribution in [1.29, 1.82) is 0 Å². The second-order valence-electron chi connectivity index (χ2n) is 4.37. The molecule has 1 aliphatic carbocycles. The first kappa shape index (κ1) is 10.6. The van der Waals surface area contributed by atoms with Gasteiger partial charge in [-0.25, -0.2) is 0 Å². The minimum atomic E-state index is 0.314. The van der Waals surface area contributed by atoms with Crippen LogP contribution in [0.3, 0.4) is 0 Å². The molecule has 2 atom stereocenters. The van der Waals surface area contributed by atoms with Gasteiger partial charge in [-0.15, -0.1) is 0 Å². The van der Waals surface area contributed by atoms with Crippen LogP contribution in [0.4, 0.5) is 0 Å². The molecule has 1 aliphatic rings. The van der Waals surface area contributed by atoms with Gasteiger partial charge in [0, 0.05) is 20.0 Å². The molecule has 0 aliphatic heterocycles. The largest absolute Gasteiger partial charge is 0.349 e. The fraction of sp³-hybridized carbons (Fsp3) is 0.909. The van der Waals surface area contributed by atoms with Crippen molar-refractivity contribution in [3.8, 4) is 0 Å². The Labute approximate surface area is 81.3 Å². The van der Waals surface area contributed by atoms with Crippen LogP contribution in [0.1, 0.15) is 39.0 Å². The number of hydrogen-bond acceptors (Lipinski definition) is 1. The van der Waals surface area contributed by atoms with Gasteiger partial charge in [0.1, 0.15) is 0 Å².